The first-order valence-electron chi connectivity index (χ1n) is 6.90. The molecule has 0 saturated heterocycles. The third-order valence-corrected chi connectivity index (χ3v) is 4.57. The summed E-state index contributed by atoms with van der Waals surface area (Å²) in [4.78, 5) is 4.15. The molecule has 0 amide bonds. The fourth-order valence-corrected chi connectivity index (χ4v) is 3.56. The highest BCUT2D eigenvalue weighted by Gasteiger charge is 2.60. The van der Waals surface area contributed by atoms with Gasteiger partial charge in [0.2, 0.25) is 0 Å². The van der Waals surface area contributed by atoms with E-state index >= 15 is 0 Å². The average molecular weight is 230 g/mol. The zero-order chi connectivity index (χ0) is 11.8. The predicted octanol–water partition coefficient (Wildman–Crippen LogP) is 2.89. The molecule has 2 nitrogen and oxygen atoms in total. The number of hydrogen-bond donors (Lipinski definition) is 1. The van der Waals surface area contributed by atoms with Gasteiger partial charge in [0.05, 0.1) is 0 Å². The van der Waals surface area contributed by atoms with Crippen molar-refractivity contribution in [1.82, 2.24) is 10.3 Å². The van der Waals surface area contributed by atoms with Crippen molar-refractivity contribution in [2.75, 3.05) is 13.1 Å². The normalized spacial score (nSPS) is 23.4. The van der Waals surface area contributed by atoms with E-state index < -0.39 is 0 Å². The van der Waals surface area contributed by atoms with Crippen molar-refractivity contribution in [3.63, 3.8) is 0 Å². The van der Waals surface area contributed by atoms with Crippen LogP contribution in [0, 0.1) is 5.41 Å². The van der Waals surface area contributed by atoms with Gasteiger partial charge in [0.25, 0.3) is 0 Å². The lowest BCUT2D eigenvalue weighted by Crippen LogP contribution is -2.49. The fraction of sp³-hybridized carbons (Fsp3) is 0.667. The zero-order valence-electron chi connectivity index (χ0n) is 10.7. The molecular weight excluding hydrogens is 208 g/mol. The van der Waals surface area contributed by atoms with Crippen LogP contribution in [0.15, 0.2) is 24.5 Å². The molecule has 2 heteroatoms. The van der Waals surface area contributed by atoms with E-state index in [1.165, 1.54) is 37.7 Å². The van der Waals surface area contributed by atoms with Crippen LogP contribution in [0.25, 0.3) is 0 Å². The van der Waals surface area contributed by atoms with E-state index in [0.29, 0.717) is 5.41 Å². The minimum Gasteiger partial charge on any atom is -0.316 e. The van der Waals surface area contributed by atoms with E-state index in [9.17, 15) is 0 Å². The van der Waals surface area contributed by atoms with Crippen LogP contribution in [0.1, 0.15) is 44.6 Å². The first-order valence-corrected chi connectivity index (χ1v) is 6.90. The lowest BCUT2D eigenvalue weighted by atomic mass is 9.56. The molecule has 0 aromatic carbocycles. The maximum atomic E-state index is 4.15. The van der Waals surface area contributed by atoms with Crippen LogP contribution < -0.4 is 5.32 Å². The second-order valence-electron chi connectivity index (χ2n) is 6.05. The highest BCUT2D eigenvalue weighted by atomic mass is 14.9. The summed E-state index contributed by atoms with van der Waals surface area (Å²) in [6, 6.07) is 4.42. The average Bonchev–Trinajstić information content (AvgIpc) is 3.09. The predicted molar refractivity (Wildman–Crippen MR) is 70.0 cm³/mol. The van der Waals surface area contributed by atoms with Crippen molar-refractivity contribution in [3.8, 4) is 0 Å². The van der Waals surface area contributed by atoms with Gasteiger partial charge in [-0.2, -0.15) is 0 Å². The van der Waals surface area contributed by atoms with E-state index in [1.807, 2.05) is 12.4 Å². The molecule has 2 saturated carbocycles. The molecule has 0 atom stereocenters. The highest BCUT2D eigenvalue weighted by Crippen LogP contribution is 2.68. The quantitative estimate of drug-likeness (QED) is 0.787. The van der Waals surface area contributed by atoms with Gasteiger partial charge in [-0.1, -0.05) is 6.92 Å². The van der Waals surface area contributed by atoms with Crippen molar-refractivity contribution in [2.24, 2.45) is 5.41 Å². The molecule has 92 valence electrons. The summed E-state index contributed by atoms with van der Waals surface area (Å²) >= 11 is 0. The van der Waals surface area contributed by atoms with Crippen LogP contribution >= 0.6 is 0 Å². The molecule has 17 heavy (non-hydrogen) atoms. The minimum atomic E-state index is 0.411. The molecule has 2 aliphatic rings. The molecule has 0 unspecified atom stereocenters. The first kappa shape index (κ1) is 11.2. The van der Waals surface area contributed by atoms with Crippen molar-refractivity contribution >= 4 is 0 Å². The Morgan fingerprint density at radius 2 is 1.94 bits per heavy atom. The van der Waals surface area contributed by atoms with Crippen molar-refractivity contribution < 1.29 is 0 Å². The van der Waals surface area contributed by atoms with Crippen molar-refractivity contribution in [2.45, 2.75) is 44.4 Å². The number of rotatable bonds is 5. The summed E-state index contributed by atoms with van der Waals surface area (Å²) in [7, 11) is 0. The monoisotopic (exact) mass is 230 g/mol. The molecule has 0 bridgehead atoms. The Morgan fingerprint density at radius 3 is 2.53 bits per heavy atom. The highest BCUT2D eigenvalue weighted by molar-refractivity contribution is 5.32. The van der Waals surface area contributed by atoms with Gasteiger partial charge in [-0.15, -0.1) is 0 Å². The Kier molecular flexibility index (Phi) is 2.70. The number of nitrogens with one attached hydrogen (secondary N) is 1. The van der Waals surface area contributed by atoms with Gasteiger partial charge in [0.1, 0.15) is 0 Å². The van der Waals surface area contributed by atoms with Crippen LogP contribution in [-0.2, 0) is 5.41 Å². The van der Waals surface area contributed by atoms with Gasteiger partial charge in [-0.25, -0.2) is 0 Å². The fourth-order valence-electron chi connectivity index (χ4n) is 3.56. The smallest absolute Gasteiger partial charge is 0.0270 e. The van der Waals surface area contributed by atoms with Gasteiger partial charge in [0, 0.05) is 24.4 Å². The maximum absolute atomic E-state index is 4.15. The van der Waals surface area contributed by atoms with E-state index in [4.69, 9.17) is 0 Å². The second-order valence-corrected chi connectivity index (χ2v) is 6.05. The summed E-state index contributed by atoms with van der Waals surface area (Å²) < 4.78 is 0. The third kappa shape index (κ3) is 1.99. The molecule has 1 N–H and O–H groups in total. The van der Waals surface area contributed by atoms with Gasteiger partial charge >= 0.3 is 0 Å². The molecule has 1 spiro atoms. The minimum absolute atomic E-state index is 0.411. The number of pyridine rings is 1. The number of aromatic nitrogens is 1. The third-order valence-electron chi connectivity index (χ3n) is 4.57. The Labute approximate surface area is 104 Å². The first-order chi connectivity index (χ1) is 8.29. The molecule has 3 rings (SSSR count). The van der Waals surface area contributed by atoms with Gasteiger partial charge in [-0.3, -0.25) is 4.98 Å². The van der Waals surface area contributed by atoms with E-state index in [2.05, 4.69) is 29.4 Å². The largest absolute Gasteiger partial charge is 0.316 e. The summed E-state index contributed by atoms with van der Waals surface area (Å²) in [5.74, 6) is 0. The van der Waals surface area contributed by atoms with Crippen LogP contribution in [0.2, 0.25) is 0 Å². The Hall–Kier alpha value is -0.890. The molecule has 1 aromatic rings. The van der Waals surface area contributed by atoms with Gasteiger partial charge in [-0.05, 0) is 61.8 Å². The molecule has 0 aliphatic heterocycles. The van der Waals surface area contributed by atoms with Crippen molar-refractivity contribution in [3.05, 3.63) is 30.1 Å². The van der Waals surface area contributed by atoms with Crippen LogP contribution in [0.3, 0.4) is 0 Å². The summed E-state index contributed by atoms with van der Waals surface area (Å²) in [6.07, 6.45) is 10.8. The van der Waals surface area contributed by atoms with Crippen molar-refractivity contribution in [1.29, 1.82) is 0 Å². The standard InChI is InChI=1S/C15H22N2/c1-2-7-17-12-15(10-14(11-15)5-6-14)13-3-8-16-9-4-13/h3-4,8-9,17H,2,5-7,10-12H2,1H3. The molecule has 0 radical (unpaired) electrons. The summed E-state index contributed by atoms with van der Waals surface area (Å²) in [5, 5.41) is 3.62. The molecular formula is C15H22N2. The van der Waals surface area contributed by atoms with Crippen LogP contribution in [0.5, 0.6) is 0 Å². The SMILES string of the molecule is CCCNCC1(c2ccncc2)CC2(CC2)C1. The Balaban J connectivity index is 1.73. The molecule has 2 fully saturated rings. The van der Waals surface area contributed by atoms with E-state index in [0.717, 1.165) is 18.5 Å². The Bertz CT molecular complexity index is 373. The molecule has 2 aliphatic carbocycles. The van der Waals surface area contributed by atoms with E-state index in [1.54, 1.807) is 0 Å². The second kappa shape index (κ2) is 4.09. The Morgan fingerprint density at radius 1 is 1.24 bits per heavy atom. The number of hydrogen-bond acceptors (Lipinski definition) is 2. The number of nitrogens with zero attached hydrogens (tertiary/aromatic N) is 1. The molecule has 1 heterocycles. The summed E-state index contributed by atoms with van der Waals surface area (Å²) in [5.41, 5.74) is 2.65. The topological polar surface area (TPSA) is 24.9 Å². The van der Waals surface area contributed by atoms with Crippen LogP contribution in [0.4, 0.5) is 0 Å². The lowest BCUT2D eigenvalue weighted by molar-refractivity contribution is 0.116. The summed E-state index contributed by atoms with van der Waals surface area (Å²) in [6.45, 7) is 4.52. The van der Waals surface area contributed by atoms with Gasteiger partial charge in [0.15, 0.2) is 0 Å². The van der Waals surface area contributed by atoms with E-state index in [-0.39, 0.29) is 0 Å². The maximum Gasteiger partial charge on any atom is 0.0270 e. The molecule has 1 aromatic heterocycles. The zero-order valence-corrected chi connectivity index (χ0v) is 10.7. The van der Waals surface area contributed by atoms with Gasteiger partial charge < -0.3 is 5.32 Å². The lowest BCUT2D eigenvalue weighted by Gasteiger charge is -2.49. The van der Waals surface area contributed by atoms with Crippen LogP contribution in [-0.4, -0.2) is 18.1 Å².